The van der Waals surface area contributed by atoms with Gasteiger partial charge in [-0.25, -0.2) is 0 Å². The van der Waals surface area contributed by atoms with Crippen molar-refractivity contribution in [2.24, 2.45) is 0 Å². The Labute approximate surface area is 126 Å². The van der Waals surface area contributed by atoms with E-state index in [0.29, 0.717) is 0 Å². The molecule has 0 saturated carbocycles. The van der Waals surface area contributed by atoms with Gasteiger partial charge in [-0.05, 0) is 49.2 Å². The summed E-state index contributed by atoms with van der Waals surface area (Å²) in [5, 5.41) is 13.4. The highest BCUT2D eigenvalue weighted by Gasteiger charge is 2.11. The van der Waals surface area contributed by atoms with Gasteiger partial charge >= 0.3 is 0 Å². The zero-order chi connectivity index (χ0) is 15.2. The predicted molar refractivity (Wildman–Crippen MR) is 87.1 cm³/mol. The van der Waals surface area contributed by atoms with Crippen LogP contribution in [-0.4, -0.2) is 12.2 Å². The summed E-state index contributed by atoms with van der Waals surface area (Å²) in [6, 6.07) is 13.7. The second-order valence-electron chi connectivity index (χ2n) is 5.24. The van der Waals surface area contributed by atoms with Crippen LogP contribution < -0.4 is 10.1 Å². The molecule has 0 fully saturated rings. The third kappa shape index (κ3) is 3.91. The maximum absolute atomic E-state index is 10.00. The number of phenols is 1. The van der Waals surface area contributed by atoms with E-state index in [1.54, 1.807) is 19.2 Å². The zero-order valence-corrected chi connectivity index (χ0v) is 12.9. The first-order valence-electron chi connectivity index (χ1n) is 7.36. The number of hydrogen-bond acceptors (Lipinski definition) is 3. The van der Waals surface area contributed by atoms with Crippen LogP contribution in [0.3, 0.4) is 0 Å². The molecule has 2 aromatic rings. The number of nitrogens with one attached hydrogen (secondary N) is 1. The molecule has 0 saturated heterocycles. The van der Waals surface area contributed by atoms with E-state index in [0.717, 1.165) is 29.8 Å². The van der Waals surface area contributed by atoms with Crippen molar-refractivity contribution in [3.63, 3.8) is 0 Å². The van der Waals surface area contributed by atoms with Crippen molar-refractivity contribution in [1.82, 2.24) is 0 Å². The first-order valence-corrected chi connectivity index (χ1v) is 7.36. The normalized spacial score (nSPS) is 12.0. The maximum Gasteiger partial charge on any atom is 0.121 e. The lowest BCUT2D eigenvalue weighted by molar-refractivity contribution is 0.410. The lowest BCUT2D eigenvalue weighted by atomic mass is 10.1. The molecule has 1 unspecified atom stereocenters. The van der Waals surface area contributed by atoms with Crippen LogP contribution in [0.4, 0.5) is 5.69 Å². The summed E-state index contributed by atoms with van der Waals surface area (Å²) in [4.78, 5) is 0. The Morgan fingerprint density at radius 1 is 1.14 bits per heavy atom. The molecular formula is C18H23NO2. The smallest absolute Gasteiger partial charge is 0.121 e. The highest BCUT2D eigenvalue weighted by Crippen LogP contribution is 2.30. The Morgan fingerprint density at radius 3 is 2.48 bits per heavy atom. The van der Waals surface area contributed by atoms with Crippen molar-refractivity contribution in [2.45, 2.75) is 32.7 Å². The van der Waals surface area contributed by atoms with Crippen LogP contribution in [0.1, 0.15) is 37.4 Å². The molecule has 0 aliphatic heterocycles. The van der Waals surface area contributed by atoms with Gasteiger partial charge in [-0.3, -0.25) is 0 Å². The molecule has 0 aromatic heterocycles. The van der Waals surface area contributed by atoms with E-state index >= 15 is 0 Å². The second kappa shape index (κ2) is 7.02. The van der Waals surface area contributed by atoms with Gasteiger partial charge in [0.25, 0.3) is 0 Å². The van der Waals surface area contributed by atoms with E-state index in [4.69, 9.17) is 4.74 Å². The molecule has 2 N–H and O–H groups in total. The molecule has 0 radical (unpaired) electrons. The number of ether oxygens (including phenoxy) is 1. The van der Waals surface area contributed by atoms with Gasteiger partial charge in [-0.15, -0.1) is 0 Å². The average Bonchev–Trinajstić information content (AvgIpc) is 2.50. The topological polar surface area (TPSA) is 41.5 Å². The second-order valence-corrected chi connectivity index (χ2v) is 5.24. The quantitative estimate of drug-likeness (QED) is 0.819. The molecule has 3 nitrogen and oxygen atoms in total. The summed E-state index contributed by atoms with van der Waals surface area (Å²) in [7, 11) is 1.63. The number of aryl methyl sites for hydroxylation is 1. The number of anilines is 1. The summed E-state index contributed by atoms with van der Waals surface area (Å²) in [6.45, 7) is 4.20. The number of methoxy groups -OCH3 is 1. The highest BCUT2D eigenvalue weighted by molar-refractivity contribution is 5.49. The highest BCUT2D eigenvalue weighted by atomic mass is 16.5. The average molecular weight is 285 g/mol. The summed E-state index contributed by atoms with van der Waals surface area (Å²) in [5.74, 6) is 1.02. The van der Waals surface area contributed by atoms with Gasteiger partial charge in [0.15, 0.2) is 0 Å². The molecule has 2 rings (SSSR count). The van der Waals surface area contributed by atoms with Crippen LogP contribution in [-0.2, 0) is 6.42 Å². The summed E-state index contributed by atoms with van der Waals surface area (Å²) in [5.41, 5.74) is 3.22. The summed E-state index contributed by atoms with van der Waals surface area (Å²) in [6.07, 6.45) is 2.26. The van der Waals surface area contributed by atoms with Crippen molar-refractivity contribution in [1.29, 1.82) is 0 Å². The van der Waals surface area contributed by atoms with Gasteiger partial charge in [-0.1, -0.05) is 25.5 Å². The Balaban J connectivity index is 2.11. The van der Waals surface area contributed by atoms with Gasteiger partial charge in [0, 0.05) is 11.3 Å². The van der Waals surface area contributed by atoms with Crippen LogP contribution in [0, 0.1) is 0 Å². The SMILES string of the molecule is CCCc1ccc(NC(C)c2cc(OC)ccc2O)cc1. The zero-order valence-electron chi connectivity index (χ0n) is 12.9. The fourth-order valence-electron chi connectivity index (χ4n) is 2.39. The van der Waals surface area contributed by atoms with E-state index in [-0.39, 0.29) is 11.8 Å². The van der Waals surface area contributed by atoms with Gasteiger partial charge in [-0.2, -0.15) is 0 Å². The third-order valence-electron chi connectivity index (χ3n) is 3.58. The van der Waals surface area contributed by atoms with Crippen LogP contribution in [0.25, 0.3) is 0 Å². The molecule has 0 bridgehead atoms. The first-order chi connectivity index (χ1) is 10.1. The van der Waals surface area contributed by atoms with E-state index in [9.17, 15) is 5.11 Å². The van der Waals surface area contributed by atoms with E-state index in [2.05, 4.69) is 36.5 Å². The molecule has 0 aliphatic carbocycles. The molecule has 0 spiro atoms. The van der Waals surface area contributed by atoms with E-state index in [1.165, 1.54) is 5.56 Å². The minimum Gasteiger partial charge on any atom is -0.508 e. The molecule has 3 heteroatoms. The van der Waals surface area contributed by atoms with Crippen LogP contribution in [0.5, 0.6) is 11.5 Å². The Bertz CT molecular complexity index is 578. The lowest BCUT2D eigenvalue weighted by Gasteiger charge is -2.18. The molecule has 0 aliphatic rings. The Morgan fingerprint density at radius 2 is 1.86 bits per heavy atom. The molecule has 0 amide bonds. The summed E-state index contributed by atoms with van der Waals surface area (Å²) < 4.78 is 5.21. The Kier molecular flexibility index (Phi) is 5.09. The van der Waals surface area contributed by atoms with Crippen molar-refractivity contribution in [3.8, 4) is 11.5 Å². The van der Waals surface area contributed by atoms with Crippen molar-refractivity contribution in [3.05, 3.63) is 53.6 Å². The fourth-order valence-corrected chi connectivity index (χ4v) is 2.39. The number of benzene rings is 2. The van der Waals surface area contributed by atoms with Crippen molar-refractivity contribution >= 4 is 5.69 Å². The van der Waals surface area contributed by atoms with Gasteiger partial charge in [0.05, 0.1) is 13.2 Å². The maximum atomic E-state index is 10.00. The van der Waals surface area contributed by atoms with Crippen molar-refractivity contribution in [2.75, 3.05) is 12.4 Å². The van der Waals surface area contributed by atoms with Crippen molar-refractivity contribution < 1.29 is 9.84 Å². The molecule has 1 atom stereocenters. The summed E-state index contributed by atoms with van der Waals surface area (Å²) >= 11 is 0. The largest absolute Gasteiger partial charge is 0.508 e. The van der Waals surface area contributed by atoms with E-state index < -0.39 is 0 Å². The molecule has 0 heterocycles. The minimum absolute atomic E-state index is 0.00266. The molecule has 21 heavy (non-hydrogen) atoms. The van der Waals surface area contributed by atoms with Crippen LogP contribution in [0.15, 0.2) is 42.5 Å². The monoisotopic (exact) mass is 285 g/mol. The molecular weight excluding hydrogens is 262 g/mol. The first kappa shape index (κ1) is 15.2. The van der Waals surface area contributed by atoms with Gasteiger partial charge in [0.1, 0.15) is 11.5 Å². The van der Waals surface area contributed by atoms with Gasteiger partial charge < -0.3 is 15.2 Å². The fraction of sp³-hybridized carbons (Fsp3) is 0.333. The molecule has 112 valence electrons. The van der Waals surface area contributed by atoms with Crippen LogP contribution >= 0.6 is 0 Å². The lowest BCUT2D eigenvalue weighted by Crippen LogP contribution is -2.07. The predicted octanol–water partition coefficient (Wildman–Crippen LogP) is 4.53. The van der Waals surface area contributed by atoms with Crippen LogP contribution in [0.2, 0.25) is 0 Å². The number of rotatable bonds is 6. The number of aromatic hydroxyl groups is 1. The Hall–Kier alpha value is -2.16. The van der Waals surface area contributed by atoms with Gasteiger partial charge in [0.2, 0.25) is 0 Å². The van der Waals surface area contributed by atoms with E-state index in [1.807, 2.05) is 13.0 Å². The minimum atomic E-state index is -0.00266. The number of phenolic OH excluding ortho intramolecular Hbond substituents is 1. The molecule has 2 aromatic carbocycles. The third-order valence-corrected chi connectivity index (χ3v) is 3.58. The standard InChI is InChI=1S/C18H23NO2/c1-4-5-14-6-8-15(9-7-14)19-13(2)17-12-16(21-3)10-11-18(17)20/h6-13,19-20H,4-5H2,1-3H3. The number of hydrogen-bond donors (Lipinski definition) is 2.